The van der Waals surface area contributed by atoms with Crippen LogP contribution in [0.15, 0.2) is 42.5 Å². The predicted octanol–water partition coefficient (Wildman–Crippen LogP) is 6.60. The SMILES string of the molecule is COc1ccc(CN2CCCC2C(F)(F)F)c(N2CCC(COc3cccc([C@@H](CC(=O)O)C4CC4)c3)CC2)c1.S. The van der Waals surface area contributed by atoms with Gasteiger partial charge in [-0.3, -0.25) is 9.69 Å². The molecule has 1 aliphatic carbocycles. The topological polar surface area (TPSA) is 62.2 Å². The van der Waals surface area contributed by atoms with Crippen molar-refractivity contribution in [3.63, 3.8) is 0 Å². The highest BCUT2D eigenvalue weighted by Crippen LogP contribution is 2.45. The number of carbonyl (C=O) groups is 1. The Morgan fingerprint density at radius 1 is 1.02 bits per heavy atom. The fourth-order valence-electron chi connectivity index (χ4n) is 6.34. The fraction of sp³-hybridized carbons (Fsp3) is 0.581. The summed E-state index contributed by atoms with van der Waals surface area (Å²) in [6.45, 7) is 2.88. The van der Waals surface area contributed by atoms with Crippen molar-refractivity contribution < 1.29 is 32.5 Å². The summed E-state index contributed by atoms with van der Waals surface area (Å²) in [4.78, 5) is 15.2. The zero-order valence-corrected chi connectivity index (χ0v) is 24.5. The van der Waals surface area contributed by atoms with Crippen molar-refractivity contribution in [2.75, 3.05) is 38.3 Å². The highest BCUT2D eigenvalue weighted by molar-refractivity contribution is 7.59. The molecule has 1 unspecified atom stereocenters. The molecule has 2 aromatic carbocycles. The number of aliphatic carboxylic acids is 1. The lowest BCUT2D eigenvalue weighted by Crippen LogP contribution is -2.41. The molecule has 1 saturated carbocycles. The summed E-state index contributed by atoms with van der Waals surface area (Å²) < 4.78 is 52.3. The lowest BCUT2D eigenvalue weighted by Gasteiger charge is -2.36. The lowest BCUT2D eigenvalue weighted by molar-refractivity contribution is -0.177. The van der Waals surface area contributed by atoms with Gasteiger partial charge in [0.05, 0.1) is 20.1 Å². The first-order chi connectivity index (χ1) is 19.2. The van der Waals surface area contributed by atoms with E-state index in [0.29, 0.717) is 37.2 Å². The molecule has 3 aliphatic rings. The Morgan fingerprint density at radius 3 is 2.44 bits per heavy atom. The summed E-state index contributed by atoms with van der Waals surface area (Å²) >= 11 is 0. The number of nitrogens with zero attached hydrogens (tertiary/aromatic N) is 2. The van der Waals surface area contributed by atoms with Crippen molar-refractivity contribution in [1.29, 1.82) is 0 Å². The molecule has 226 valence electrons. The van der Waals surface area contributed by atoms with Gasteiger partial charge in [-0.15, -0.1) is 0 Å². The van der Waals surface area contributed by atoms with E-state index in [1.165, 1.54) is 0 Å². The van der Waals surface area contributed by atoms with Crippen LogP contribution in [0, 0.1) is 11.8 Å². The molecule has 41 heavy (non-hydrogen) atoms. The molecular formula is C31H41F3N2O4S. The molecule has 2 atom stereocenters. The van der Waals surface area contributed by atoms with Gasteiger partial charge in [0.1, 0.15) is 17.5 Å². The average Bonchev–Trinajstić information content (AvgIpc) is 3.67. The summed E-state index contributed by atoms with van der Waals surface area (Å²) in [5.74, 6) is 1.55. The number of likely N-dealkylation sites (tertiary alicyclic amines) is 1. The number of methoxy groups -OCH3 is 1. The van der Waals surface area contributed by atoms with E-state index in [4.69, 9.17) is 9.47 Å². The van der Waals surface area contributed by atoms with Crippen LogP contribution in [0.2, 0.25) is 0 Å². The monoisotopic (exact) mass is 594 g/mol. The number of carboxylic acids is 1. The first-order valence-electron chi connectivity index (χ1n) is 14.4. The van der Waals surface area contributed by atoms with Crippen LogP contribution in [0.3, 0.4) is 0 Å². The first-order valence-corrected chi connectivity index (χ1v) is 14.4. The van der Waals surface area contributed by atoms with Crippen molar-refractivity contribution in [2.24, 2.45) is 11.8 Å². The molecule has 0 bridgehead atoms. The predicted molar refractivity (Wildman–Crippen MR) is 157 cm³/mol. The molecule has 5 rings (SSSR count). The van der Waals surface area contributed by atoms with E-state index >= 15 is 0 Å². The van der Waals surface area contributed by atoms with E-state index in [0.717, 1.165) is 61.3 Å². The van der Waals surface area contributed by atoms with Crippen molar-refractivity contribution >= 4 is 25.2 Å². The Kier molecular flexibility index (Phi) is 10.4. The van der Waals surface area contributed by atoms with Crippen molar-refractivity contribution in [3.8, 4) is 11.5 Å². The van der Waals surface area contributed by atoms with E-state index < -0.39 is 18.2 Å². The minimum absolute atomic E-state index is 0. The number of hydrogen-bond acceptors (Lipinski definition) is 5. The third-order valence-corrected chi connectivity index (χ3v) is 8.72. The quantitative estimate of drug-likeness (QED) is 0.317. The maximum absolute atomic E-state index is 13.6. The lowest BCUT2D eigenvalue weighted by atomic mass is 9.91. The van der Waals surface area contributed by atoms with Crippen LogP contribution in [0.1, 0.15) is 62.0 Å². The molecule has 0 radical (unpaired) electrons. The number of piperidine rings is 1. The second-order valence-corrected chi connectivity index (χ2v) is 11.5. The van der Waals surface area contributed by atoms with Gasteiger partial charge in [0.25, 0.3) is 0 Å². The normalized spacial score (nSPS) is 20.9. The Balaban J connectivity index is 0.00000387. The molecule has 6 nitrogen and oxygen atoms in total. The maximum atomic E-state index is 13.6. The average molecular weight is 595 g/mol. The van der Waals surface area contributed by atoms with Crippen LogP contribution in [-0.4, -0.2) is 61.5 Å². The molecule has 2 aromatic rings. The van der Waals surface area contributed by atoms with Crippen molar-refractivity contribution in [3.05, 3.63) is 53.6 Å². The zero-order chi connectivity index (χ0) is 28.3. The first kappa shape index (κ1) is 31.3. The van der Waals surface area contributed by atoms with Gasteiger partial charge in [-0.2, -0.15) is 26.7 Å². The van der Waals surface area contributed by atoms with E-state index in [1.807, 2.05) is 42.5 Å². The smallest absolute Gasteiger partial charge is 0.404 e. The maximum Gasteiger partial charge on any atom is 0.404 e. The van der Waals surface area contributed by atoms with Gasteiger partial charge < -0.3 is 19.5 Å². The highest BCUT2D eigenvalue weighted by Gasteiger charge is 2.45. The molecule has 0 amide bonds. The van der Waals surface area contributed by atoms with Crippen LogP contribution < -0.4 is 14.4 Å². The minimum atomic E-state index is -4.21. The third-order valence-electron chi connectivity index (χ3n) is 8.72. The Labute approximate surface area is 247 Å². The van der Waals surface area contributed by atoms with Gasteiger partial charge >= 0.3 is 12.1 Å². The molecule has 2 heterocycles. The zero-order valence-electron chi connectivity index (χ0n) is 23.5. The van der Waals surface area contributed by atoms with Gasteiger partial charge in [-0.05, 0) is 92.1 Å². The van der Waals surface area contributed by atoms with Gasteiger partial charge in [0.2, 0.25) is 0 Å². The number of halogens is 3. The number of benzene rings is 2. The van der Waals surface area contributed by atoms with Crippen molar-refractivity contribution in [1.82, 2.24) is 4.90 Å². The van der Waals surface area contributed by atoms with Crippen LogP contribution in [0.25, 0.3) is 0 Å². The minimum Gasteiger partial charge on any atom is -0.497 e. The van der Waals surface area contributed by atoms with E-state index in [-0.39, 0.29) is 38.8 Å². The Bertz CT molecular complexity index is 1170. The number of anilines is 1. The highest BCUT2D eigenvalue weighted by atomic mass is 32.1. The molecule has 3 fully saturated rings. The molecule has 2 saturated heterocycles. The summed E-state index contributed by atoms with van der Waals surface area (Å²) in [6.07, 6.45) is 0.636. The van der Waals surface area contributed by atoms with E-state index in [2.05, 4.69) is 4.90 Å². The van der Waals surface area contributed by atoms with Gasteiger partial charge in [-0.1, -0.05) is 18.2 Å². The van der Waals surface area contributed by atoms with E-state index in [9.17, 15) is 23.1 Å². The number of carboxylic acid groups (broad SMARTS) is 1. The van der Waals surface area contributed by atoms with Crippen LogP contribution >= 0.6 is 13.5 Å². The summed E-state index contributed by atoms with van der Waals surface area (Å²) in [5, 5.41) is 9.34. The molecule has 0 spiro atoms. The fourth-order valence-corrected chi connectivity index (χ4v) is 6.34. The Morgan fingerprint density at radius 2 is 1.78 bits per heavy atom. The summed E-state index contributed by atoms with van der Waals surface area (Å²) in [6, 6.07) is 12.2. The van der Waals surface area contributed by atoms with Gasteiger partial charge in [0.15, 0.2) is 0 Å². The Hall–Kier alpha value is -2.59. The molecule has 0 aromatic heterocycles. The largest absolute Gasteiger partial charge is 0.497 e. The number of ether oxygens (including phenoxy) is 2. The van der Waals surface area contributed by atoms with E-state index in [1.54, 1.807) is 12.0 Å². The summed E-state index contributed by atoms with van der Waals surface area (Å²) in [7, 11) is 1.60. The molecule has 2 aliphatic heterocycles. The third kappa shape index (κ3) is 8.03. The number of hydrogen-bond donors (Lipinski definition) is 1. The second-order valence-electron chi connectivity index (χ2n) is 11.5. The number of alkyl halides is 3. The van der Waals surface area contributed by atoms with Crippen LogP contribution in [0.5, 0.6) is 11.5 Å². The van der Waals surface area contributed by atoms with Gasteiger partial charge in [0, 0.05) is 31.4 Å². The second kappa shape index (κ2) is 13.6. The van der Waals surface area contributed by atoms with Crippen molar-refractivity contribution in [2.45, 2.75) is 69.6 Å². The molecule has 1 N–H and O–H groups in total. The molecular weight excluding hydrogens is 553 g/mol. The van der Waals surface area contributed by atoms with Crippen LogP contribution in [0.4, 0.5) is 18.9 Å². The van der Waals surface area contributed by atoms with Crippen LogP contribution in [-0.2, 0) is 11.3 Å². The van der Waals surface area contributed by atoms with Gasteiger partial charge in [-0.25, -0.2) is 0 Å². The standard InChI is InChI=1S/C31H39F3N2O4.H2S/c1-39-25-10-9-24(19-36-13-3-6-29(36)31(32,33)34)28(17-25)35-14-11-21(12-15-35)20-40-26-5-2-4-23(16-26)27(18-30(37)38)22-7-8-22;/h2,4-5,9-10,16-17,21-22,27,29H,3,6-8,11-15,18-20H2,1H3,(H,37,38);1H2/t27-,29?;/m0./s1. The number of rotatable bonds is 11. The molecule has 10 heteroatoms. The summed E-state index contributed by atoms with van der Waals surface area (Å²) in [5.41, 5.74) is 2.88.